The molecule has 0 radical (unpaired) electrons. The van der Waals surface area contributed by atoms with Crippen LogP contribution >= 0.6 is 0 Å². The highest BCUT2D eigenvalue weighted by Gasteiger charge is 2.10. The van der Waals surface area contributed by atoms with Crippen LogP contribution in [0.2, 0.25) is 0 Å². The highest BCUT2D eigenvalue weighted by atomic mass is 15.2. The first-order valence-corrected chi connectivity index (χ1v) is 6.07. The third kappa shape index (κ3) is 3.35. The predicted octanol–water partition coefficient (Wildman–Crippen LogP) is 1.92. The molecule has 0 fully saturated rings. The van der Waals surface area contributed by atoms with E-state index in [-0.39, 0.29) is 6.04 Å². The van der Waals surface area contributed by atoms with Crippen molar-refractivity contribution in [2.75, 3.05) is 0 Å². The monoisotopic (exact) mass is 242 g/mol. The summed E-state index contributed by atoms with van der Waals surface area (Å²) in [5.74, 6) is 5.58. The van der Waals surface area contributed by atoms with Crippen LogP contribution in [-0.4, -0.2) is 9.97 Å². The Morgan fingerprint density at radius 2 is 2.22 bits per heavy atom. The van der Waals surface area contributed by atoms with E-state index in [1.54, 1.807) is 18.6 Å². The van der Waals surface area contributed by atoms with E-state index in [0.717, 1.165) is 18.5 Å². The number of hydrogen-bond acceptors (Lipinski definition) is 4. The van der Waals surface area contributed by atoms with Gasteiger partial charge in [-0.15, -0.1) is 0 Å². The van der Waals surface area contributed by atoms with Crippen molar-refractivity contribution in [2.45, 2.75) is 25.8 Å². The number of benzene rings is 1. The summed E-state index contributed by atoms with van der Waals surface area (Å²) < 4.78 is 0. The fraction of sp³-hybridized carbons (Fsp3) is 0.286. The van der Waals surface area contributed by atoms with Gasteiger partial charge in [-0.2, -0.15) is 0 Å². The van der Waals surface area contributed by atoms with Crippen molar-refractivity contribution in [2.24, 2.45) is 5.84 Å². The summed E-state index contributed by atoms with van der Waals surface area (Å²) >= 11 is 0. The molecule has 0 bridgehead atoms. The number of hydrogen-bond donors (Lipinski definition) is 2. The van der Waals surface area contributed by atoms with E-state index in [9.17, 15) is 0 Å². The first-order chi connectivity index (χ1) is 8.79. The Kier molecular flexibility index (Phi) is 4.39. The van der Waals surface area contributed by atoms with Crippen LogP contribution in [0.4, 0.5) is 0 Å². The molecule has 1 heterocycles. The molecule has 1 aromatic heterocycles. The third-order valence-corrected chi connectivity index (χ3v) is 2.95. The standard InChI is InChI=1S/C14H18N4/c1-11-3-2-4-12(9-11)5-6-13(18-15)14-10-16-7-8-17-14/h2-4,7-10,13,18H,5-6,15H2,1H3. The van der Waals surface area contributed by atoms with Gasteiger partial charge < -0.3 is 0 Å². The van der Waals surface area contributed by atoms with Crippen molar-refractivity contribution < 1.29 is 0 Å². The summed E-state index contributed by atoms with van der Waals surface area (Å²) in [5.41, 5.74) is 6.28. The zero-order chi connectivity index (χ0) is 12.8. The van der Waals surface area contributed by atoms with E-state index in [2.05, 4.69) is 46.6 Å². The second-order valence-electron chi connectivity index (χ2n) is 4.38. The van der Waals surface area contributed by atoms with Gasteiger partial charge in [0.2, 0.25) is 0 Å². The van der Waals surface area contributed by atoms with Crippen LogP contribution in [0.3, 0.4) is 0 Å². The Balaban J connectivity index is 2.00. The highest BCUT2D eigenvalue weighted by Crippen LogP contribution is 2.16. The van der Waals surface area contributed by atoms with Gasteiger partial charge in [0.15, 0.2) is 0 Å². The van der Waals surface area contributed by atoms with Gasteiger partial charge in [-0.3, -0.25) is 21.2 Å². The van der Waals surface area contributed by atoms with Crippen molar-refractivity contribution >= 4 is 0 Å². The molecule has 1 unspecified atom stereocenters. The van der Waals surface area contributed by atoms with Gasteiger partial charge in [-0.1, -0.05) is 29.8 Å². The Morgan fingerprint density at radius 1 is 1.33 bits per heavy atom. The molecule has 0 amide bonds. The van der Waals surface area contributed by atoms with E-state index < -0.39 is 0 Å². The Morgan fingerprint density at radius 3 is 2.89 bits per heavy atom. The molecular weight excluding hydrogens is 224 g/mol. The van der Waals surface area contributed by atoms with Crippen molar-refractivity contribution in [1.29, 1.82) is 0 Å². The first kappa shape index (κ1) is 12.7. The second-order valence-corrected chi connectivity index (χ2v) is 4.38. The van der Waals surface area contributed by atoms with Crippen molar-refractivity contribution in [1.82, 2.24) is 15.4 Å². The molecular formula is C14H18N4. The lowest BCUT2D eigenvalue weighted by molar-refractivity contribution is 0.502. The molecule has 0 aliphatic carbocycles. The van der Waals surface area contributed by atoms with Gasteiger partial charge in [0.05, 0.1) is 17.9 Å². The zero-order valence-corrected chi connectivity index (χ0v) is 10.5. The molecule has 0 aliphatic heterocycles. The molecule has 0 aliphatic rings. The molecule has 0 spiro atoms. The maximum Gasteiger partial charge on any atom is 0.0769 e. The quantitative estimate of drug-likeness (QED) is 0.621. The third-order valence-electron chi connectivity index (χ3n) is 2.95. The van der Waals surface area contributed by atoms with Crippen LogP contribution in [0.15, 0.2) is 42.9 Å². The smallest absolute Gasteiger partial charge is 0.0769 e. The summed E-state index contributed by atoms with van der Waals surface area (Å²) in [6.07, 6.45) is 6.97. The predicted molar refractivity (Wildman–Crippen MR) is 71.6 cm³/mol. The molecule has 1 aromatic carbocycles. The highest BCUT2D eigenvalue weighted by molar-refractivity contribution is 5.22. The molecule has 94 valence electrons. The van der Waals surface area contributed by atoms with Gasteiger partial charge in [0.25, 0.3) is 0 Å². The molecule has 0 saturated heterocycles. The van der Waals surface area contributed by atoms with Gasteiger partial charge in [-0.05, 0) is 25.3 Å². The minimum atomic E-state index is 0.0409. The maximum absolute atomic E-state index is 5.58. The number of rotatable bonds is 5. The fourth-order valence-corrected chi connectivity index (χ4v) is 1.99. The molecule has 2 rings (SSSR count). The summed E-state index contributed by atoms with van der Waals surface area (Å²) in [4.78, 5) is 8.34. The molecule has 4 nitrogen and oxygen atoms in total. The molecule has 0 saturated carbocycles. The lowest BCUT2D eigenvalue weighted by atomic mass is 10.0. The van der Waals surface area contributed by atoms with Crippen molar-refractivity contribution in [3.05, 3.63) is 59.7 Å². The Hall–Kier alpha value is -1.78. The number of aryl methyl sites for hydroxylation is 2. The topological polar surface area (TPSA) is 63.8 Å². The van der Waals surface area contributed by atoms with E-state index in [1.165, 1.54) is 11.1 Å². The van der Waals surface area contributed by atoms with Crippen LogP contribution in [0.1, 0.15) is 29.3 Å². The lowest BCUT2D eigenvalue weighted by Gasteiger charge is -2.14. The largest absolute Gasteiger partial charge is 0.271 e. The van der Waals surface area contributed by atoms with Gasteiger partial charge in [-0.25, -0.2) is 0 Å². The minimum Gasteiger partial charge on any atom is -0.271 e. The maximum atomic E-state index is 5.58. The van der Waals surface area contributed by atoms with Crippen LogP contribution in [0.5, 0.6) is 0 Å². The molecule has 1 atom stereocenters. The summed E-state index contributed by atoms with van der Waals surface area (Å²) in [5, 5.41) is 0. The van der Waals surface area contributed by atoms with Gasteiger partial charge in [0, 0.05) is 12.4 Å². The van der Waals surface area contributed by atoms with Crippen LogP contribution < -0.4 is 11.3 Å². The number of nitrogens with two attached hydrogens (primary N) is 1. The SMILES string of the molecule is Cc1cccc(CCC(NN)c2cnccn2)c1. The van der Waals surface area contributed by atoms with E-state index in [4.69, 9.17) is 5.84 Å². The first-order valence-electron chi connectivity index (χ1n) is 6.07. The van der Waals surface area contributed by atoms with Gasteiger partial charge >= 0.3 is 0 Å². The van der Waals surface area contributed by atoms with Crippen LogP contribution in [-0.2, 0) is 6.42 Å². The molecule has 4 heteroatoms. The van der Waals surface area contributed by atoms with Crippen LogP contribution in [0, 0.1) is 6.92 Å². The second kappa shape index (κ2) is 6.23. The summed E-state index contributed by atoms with van der Waals surface area (Å²) in [6.45, 7) is 2.10. The van der Waals surface area contributed by atoms with E-state index >= 15 is 0 Å². The molecule has 3 N–H and O–H groups in total. The summed E-state index contributed by atoms with van der Waals surface area (Å²) in [7, 11) is 0. The number of nitrogens with one attached hydrogen (secondary N) is 1. The van der Waals surface area contributed by atoms with Crippen molar-refractivity contribution in [3.63, 3.8) is 0 Å². The Labute approximate surface area is 107 Å². The normalized spacial score (nSPS) is 12.3. The zero-order valence-electron chi connectivity index (χ0n) is 10.5. The van der Waals surface area contributed by atoms with E-state index in [1.807, 2.05) is 0 Å². The number of hydrazine groups is 1. The molecule has 2 aromatic rings. The average Bonchev–Trinajstić information content (AvgIpc) is 2.41. The number of aromatic nitrogens is 2. The minimum absolute atomic E-state index is 0.0409. The summed E-state index contributed by atoms with van der Waals surface area (Å²) in [6, 6.07) is 8.56. The average molecular weight is 242 g/mol. The van der Waals surface area contributed by atoms with Crippen LogP contribution in [0.25, 0.3) is 0 Å². The fourth-order valence-electron chi connectivity index (χ4n) is 1.99. The Bertz CT molecular complexity index is 484. The van der Waals surface area contributed by atoms with Gasteiger partial charge in [0.1, 0.15) is 0 Å². The number of nitrogens with zero attached hydrogens (tertiary/aromatic N) is 2. The molecule has 18 heavy (non-hydrogen) atoms. The lowest BCUT2D eigenvalue weighted by Crippen LogP contribution is -2.29. The van der Waals surface area contributed by atoms with E-state index in [0.29, 0.717) is 0 Å². The van der Waals surface area contributed by atoms with Crippen molar-refractivity contribution in [3.8, 4) is 0 Å².